The van der Waals surface area contributed by atoms with Gasteiger partial charge in [0.15, 0.2) is 34.5 Å². The highest BCUT2D eigenvalue weighted by Crippen LogP contribution is 2.58. The Hall–Kier alpha value is -3.76. The molecule has 67 heavy (non-hydrogen) atoms. The largest absolute Gasteiger partial charge is 0.488 e. The molecule has 2 aromatic carbocycles. The molecule has 0 N–H and O–H groups in total. The lowest BCUT2D eigenvalue weighted by Gasteiger charge is -2.44. The van der Waals surface area contributed by atoms with Crippen LogP contribution in [0.1, 0.15) is 24.0 Å². The summed E-state index contributed by atoms with van der Waals surface area (Å²) in [7, 11) is 0. The Labute approximate surface area is 394 Å². The molecular weight excluding hydrogens is 877 g/mol. The van der Waals surface area contributed by atoms with Crippen LogP contribution in [0.4, 0.5) is 0 Å². The van der Waals surface area contributed by atoms with E-state index in [4.69, 9.17) is 85.3 Å². The van der Waals surface area contributed by atoms with Crippen molar-refractivity contribution in [3.05, 3.63) is 59.1 Å². The number of fused-ring (bicyclic) bond motifs is 9. The first-order valence-corrected chi connectivity index (χ1v) is 23.7. The Morgan fingerprint density at radius 2 is 0.597 bits per heavy atom. The maximum Gasteiger partial charge on any atom is 0.161 e. The molecule has 2 unspecified atom stereocenters. The van der Waals surface area contributed by atoms with Crippen LogP contribution in [0.25, 0.3) is 11.1 Å². The number of ether oxygens (including phenoxy) is 18. The SMILES string of the molecule is CC12C=C3OCCOCCOCCOCCOCCOC3=CC1c1cc3c(cc1-c1cc4c(cc12)OCCOCCOCCOCCOCCO4)OCCOCCOCCOCCOCCO3. The molecule has 0 bridgehead atoms. The summed E-state index contributed by atoms with van der Waals surface area (Å²) in [6, 6.07) is 8.23. The van der Waals surface area contributed by atoms with Gasteiger partial charge in [0, 0.05) is 11.3 Å². The van der Waals surface area contributed by atoms with Gasteiger partial charge < -0.3 is 85.3 Å². The van der Waals surface area contributed by atoms with Crippen molar-refractivity contribution in [3.63, 3.8) is 0 Å². The summed E-state index contributed by atoms with van der Waals surface area (Å²) in [6.07, 6.45) is 4.28. The first-order chi connectivity index (χ1) is 33.2. The minimum absolute atomic E-state index is 0.270. The average molecular weight is 947 g/mol. The first kappa shape index (κ1) is 51.1. The van der Waals surface area contributed by atoms with Gasteiger partial charge in [0.25, 0.3) is 0 Å². The lowest BCUT2D eigenvalue weighted by molar-refractivity contribution is -0.0161. The molecule has 0 spiro atoms. The van der Waals surface area contributed by atoms with E-state index < -0.39 is 5.41 Å². The molecule has 1 fully saturated rings. The van der Waals surface area contributed by atoms with Crippen LogP contribution in [0.3, 0.4) is 0 Å². The topological polar surface area (TPSA) is 166 Å². The molecule has 3 heterocycles. The Bertz CT molecular complexity index is 1810. The highest BCUT2D eigenvalue weighted by Gasteiger charge is 2.46. The maximum atomic E-state index is 6.54. The molecule has 0 radical (unpaired) electrons. The Balaban J connectivity index is 1.26. The summed E-state index contributed by atoms with van der Waals surface area (Å²) in [5.74, 6) is 3.18. The van der Waals surface area contributed by atoms with Crippen LogP contribution in [0.15, 0.2) is 47.9 Å². The number of hydrogen-bond acceptors (Lipinski definition) is 18. The molecular formula is C49H70O18. The normalized spacial score (nSPS) is 25.2. The Morgan fingerprint density at radius 3 is 0.970 bits per heavy atom. The minimum Gasteiger partial charge on any atom is -0.488 e. The van der Waals surface area contributed by atoms with Gasteiger partial charge in [0.1, 0.15) is 39.6 Å². The summed E-state index contributed by atoms with van der Waals surface area (Å²) < 4.78 is 108. The van der Waals surface area contributed by atoms with Gasteiger partial charge >= 0.3 is 0 Å². The lowest BCUT2D eigenvalue weighted by Crippen LogP contribution is -2.35. The number of benzene rings is 2. The molecule has 3 aliphatic heterocycles. The van der Waals surface area contributed by atoms with Crippen LogP contribution in [0.5, 0.6) is 23.0 Å². The standard InChI is InChI=1S/C49H70O18/c1-49-37-48-47(66-30-24-60-18-12-54-6-7-55-13-19-61-25-31-67-48)36-42(49)39-33-44-43(62-26-20-56-14-8-50-2-3-51-9-15-57-21-27-63-44)32-38(39)40-34-45-46(35-41(40)49)65-29-23-59-17-11-53-5-4-52-10-16-58-22-28-64-45/h32-37,42H,2-31H2,1H3. The minimum atomic E-state index is -0.699. The van der Waals surface area contributed by atoms with Gasteiger partial charge in [0.05, 0.1) is 159 Å². The van der Waals surface area contributed by atoms with Gasteiger partial charge in [-0.3, -0.25) is 0 Å². The van der Waals surface area contributed by atoms with Crippen LogP contribution in [-0.4, -0.2) is 198 Å². The summed E-state index contributed by atoms with van der Waals surface area (Å²) >= 11 is 0. The van der Waals surface area contributed by atoms with E-state index in [-0.39, 0.29) is 32.3 Å². The van der Waals surface area contributed by atoms with Crippen LogP contribution in [0, 0.1) is 0 Å². The van der Waals surface area contributed by atoms with Crippen LogP contribution < -0.4 is 18.9 Å². The molecule has 2 aliphatic carbocycles. The van der Waals surface area contributed by atoms with Gasteiger partial charge in [-0.2, -0.15) is 0 Å². The van der Waals surface area contributed by atoms with Crippen molar-refractivity contribution in [1.82, 2.24) is 0 Å². The van der Waals surface area contributed by atoms with E-state index in [1.165, 1.54) is 0 Å². The molecule has 0 saturated carbocycles. The van der Waals surface area contributed by atoms with Crippen LogP contribution in [0.2, 0.25) is 0 Å². The zero-order chi connectivity index (χ0) is 46.0. The highest BCUT2D eigenvalue weighted by atomic mass is 16.6. The smallest absolute Gasteiger partial charge is 0.161 e. The first-order valence-electron chi connectivity index (χ1n) is 23.7. The van der Waals surface area contributed by atoms with Crippen molar-refractivity contribution in [2.75, 3.05) is 198 Å². The molecule has 18 nitrogen and oxygen atoms in total. The van der Waals surface area contributed by atoms with E-state index in [2.05, 4.69) is 31.2 Å². The monoisotopic (exact) mass is 946 g/mol. The summed E-state index contributed by atoms with van der Waals surface area (Å²) in [4.78, 5) is 0. The summed E-state index contributed by atoms with van der Waals surface area (Å²) in [5.41, 5.74) is 3.14. The second kappa shape index (κ2) is 29.3. The molecule has 7 rings (SSSR count). The van der Waals surface area contributed by atoms with E-state index in [1.807, 2.05) is 12.1 Å². The van der Waals surface area contributed by atoms with Crippen molar-refractivity contribution >= 4 is 0 Å². The molecule has 374 valence electrons. The van der Waals surface area contributed by atoms with Gasteiger partial charge in [-0.1, -0.05) is 6.92 Å². The molecule has 18 heteroatoms. The molecule has 5 aliphatic rings. The summed E-state index contributed by atoms with van der Waals surface area (Å²) in [5, 5.41) is 0. The van der Waals surface area contributed by atoms with Crippen molar-refractivity contribution < 1.29 is 85.3 Å². The van der Waals surface area contributed by atoms with Gasteiger partial charge in [-0.15, -0.1) is 0 Å². The lowest BCUT2D eigenvalue weighted by atomic mass is 9.60. The van der Waals surface area contributed by atoms with Crippen LogP contribution in [-0.2, 0) is 71.7 Å². The zero-order valence-corrected chi connectivity index (χ0v) is 39.1. The second-order valence-corrected chi connectivity index (χ2v) is 16.0. The third-order valence-corrected chi connectivity index (χ3v) is 11.3. The maximum absolute atomic E-state index is 6.54. The van der Waals surface area contributed by atoms with E-state index in [1.54, 1.807) is 0 Å². The van der Waals surface area contributed by atoms with Crippen LogP contribution >= 0.6 is 0 Å². The zero-order valence-electron chi connectivity index (χ0n) is 39.1. The van der Waals surface area contributed by atoms with Gasteiger partial charge in [-0.25, -0.2) is 0 Å². The van der Waals surface area contributed by atoms with Crippen molar-refractivity contribution in [3.8, 4) is 34.1 Å². The van der Waals surface area contributed by atoms with E-state index >= 15 is 0 Å². The summed E-state index contributed by atoms with van der Waals surface area (Å²) in [6.45, 7) is 14.3. The quantitative estimate of drug-likeness (QED) is 0.367. The van der Waals surface area contributed by atoms with Gasteiger partial charge in [0.2, 0.25) is 0 Å². The average Bonchev–Trinajstić information content (AvgIpc) is 3.33. The van der Waals surface area contributed by atoms with Crippen molar-refractivity contribution in [2.24, 2.45) is 0 Å². The van der Waals surface area contributed by atoms with E-state index in [0.717, 1.165) is 22.3 Å². The van der Waals surface area contributed by atoms with Crippen molar-refractivity contribution in [2.45, 2.75) is 18.3 Å². The number of hydrogen-bond donors (Lipinski definition) is 0. The van der Waals surface area contributed by atoms with Crippen molar-refractivity contribution in [1.29, 1.82) is 0 Å². The highest BCUT2D eigenvalue weighted by molar-refractivity contribution is 5.83. The fourth-order valence-corrected chi connectivity index (χ4v) is 8.02. The predicted molar refractivity (Wildman–Crippen MR) is 242 cm³/mol. The Kier molecular flexibility index (Phi) is 22.4. The molecule has 2 aromatic rings. The van der Waals surface area contributed by atoms with Gasteiger partial charge in [-0.05, 0) is 58.7 Å². The molecule has 0 aromatic heterocycles. The number of allylic oxidation sites excluding steroid dienone is 2. The predicted octanol–water partition coefficient (Wildman–Crippen LogP) is 4.28. The molecule has 0 amide bonds. The van der Waals surface area contributed by atoms with E-state index in [0.29, 0.717) is 206 Å². The third-order valence-electron chi connectivity index (χ3n) is 11.3. The van der Waals surface area contributed by atoms with E-state index in [9.17, 15) is 0 Å². The molecule has 2 atom stereocenters. The third kappa shape index (κ3) is 16.2. The molecule has 1 saturated heterocycles. The fraction of sp³-hybridized carbons (Fsp3) is 0.673. The number of rotatable bonds is 0. The fourth-order valence-electron chi connectivity index (χ4n) is 8.02. The Morgan fingerprint density at radius 1 is 0.313 bits per heavy atom. The second-order valence-electron chi connectivity index (χ2n) is 16.0.